The smallest absolute Gasteiger partial charge is 0.119 e. The molecule has 1 unspecified atom stereocenters. The van der Waals surface area contributed by atoms with Crippen molar-refractivity contribution in [3.05, 3.63) is 29.8 Å². The van der Waals surface area contributed by atoms with Crippen molar-refractivity contribution in [2.24, 2.45) is 5.41 Å². The van der Waals surface area contributed by atoms with Crippen molar-refractivity contribution in [2.75, 3.05) is 13.6 Å². The average Bonchev–Trinajstić information content (AvgIpc) is 2.26. The molecule has 114 valence electrons. The SMILES string of the molecule is CNCC(C)Oc1ccc(C(C)(C)CC(C)(C)C)cc1. The van der Waals surface area contributed by atoms with E-state index >= 15 is 0 Å². The maximum absolute atomic E-state index is 5.86. The van der Waals surface area contributed by atoms with Crippen LogP contribution >= 0.6 is 0 Å². The van der Waals surface area contributed by atoms with Crippen LogP contribution in [0.1, 0.15) is 53.5 Å². The molecule has 0 amide bonds. The van der Waals surface area contributed by atoms with Gasteiger partial charge in [0.1, 0.15) is 11.9 Å². The fourth-order valence-electron chi connectivity index (χ4n) is 2.97. The Labute approximate surface area is 124 Å². The van der Waals surface area contributed by atoms with E-state index in [0.717, 1.165) is 18.7 Å². The molecular formula is C18H31NO. The van der Waals surface area contributed by atoms with E-state index in [9.17, 15) is 0 Å². The van der Waals surface area contributed by atoms with Gasteiger partial charge in [-0.3, -0.25) is 0 Å². The summed E-state index contributed by atoms with van der Waals surface area (Å²) in [5, 5.41) is 3.12. The van der Waals surface area contributed by atoms with Crippen molar-refractivity contribution in [2.45, 2.75) is 59.5 Å². The molecule has 1 aromatic carbocycles. The van der Waals surface area contributed by atoms with E-state index in [1.165, 1.54) is 5.56 Å². The third-order valence-electron chi connectivity index (χ3n) is 3.44. The standard InChI is InChI=1S/C18H31NO/c1-14(12-19-7)20-16-10-8-15(9-11-16)18(5,6)13-17(2,3)4/h8-11,14,19H,12-13H2,1-7H3. The summed E-state index contributed by atoms with van der Waals surface area (Å²) < 4.78 is 5.86. The average molecular weight is 277 g/mol. The molecule has 1 aromatic rings. The third kappa shape index (κ3) is 5.54. The lowest BCUT2D eigenvalue weighted by molar-refractivity contribution is 0.220. The predicted octanol–water partition coefficient (Wildman–Crippen LogP) is 4.39. The predicted molar refractivity (Wildman–Crippen MR) is 87.6 cm³/mol. The second kappa shape index (κ2) is 6.62. The van der Waals surface area contributed by atoms with Gasteiger partial charge in [-0.15, -0.1) is 0 Å². The van der Waals surface area contributed by atoms with Gasteiger partial charge in [0, 0.05) is 6.54 Å². The van der Waals surface area contributed by atoms with Gasteiger partial charge in [-0.2, -0.15) is 0 Å². The van der Waals surface area contributed by atoms with Crippen molar-refractivity contribution in [1.29, 1.82) is 0 Å². The molecule has 20 heavy (non-hydrogen) atoms. The van der Waals surface area contributed by atoms with Gasteiger partial charge in [-0.1, -0.05) is 46.8 Å². The Morgan fingerprint density at radius 2 is 1.60 bits per heavy atom. The molecule has 0 heterocycles. The van der Waals surface area contributed by atoms with Gasteiger partial charge in [0.15, 0.2) is 0 Å². The molecule has 2 nitrogen and oxygen atoms in total. The zero-order valence-electron chi connectivity index (χ0n) is 14.2. The van der Waals surface area contributed by atoms with E-state index in [-0.39, 0.29) is 11.5 Å². The Hall–Kier alpha value is -1.02. The number of ether oxygens (including phenoxy) is 1. The molecule has 0 aliphatic carbocycles. The molecule has 0 aliphatic heterocycles. The fourth-order valence-corrected chi connectivity index (χ4v) is 2.97. The zero-order chi connectivity index (χ0) is 15.4. The van der Waals surface area contributed by atoms with Gasteiger partial charge in [-0.05, 0) is 48.9 Å². The first kappa shape index (κ1) is 17.0. The number of likely N-dealkylation sites (N-methyl/N-ethyl adjacent to an activating group) is 1. The monoisotopic (exact) mass is 277 g/mol. The summed E-state index contributed by atoms with van der Waals surface area (Å²) in [6, 6.07) is 8.58. The van der Waals surface area contributed by atoms with E-state index in [0.29, 0.717) is 5.41 Å². The number of benzene rings is 1. The van der Waals surface area contributed by atoms with Crippen LogP contribution in [0.4, 0.5) is 0 Å². The third-order valence-corrected chi connectivity index (χ3v) is 3.44. The summed E-state index contributed by atoms with van der Waals surface area (Å²) in [6.45, 7) is 14.5. The summed E-state index contributed by atoms with van der Waals surface area (Å²) in [7, 11) is 1.94. The second-order valence-electron chi connectivity index (χ2n) is 7.63. The maximum atomic E-state index is 5.86. The van der Waals surface area contributed by atoms with Crippen LogP contribution in [0.5, 0.6) is 5.75 Å². The largest absolute Gasteiger partial charge is 0.489 e. The molecule has 0 radical (unpaired) electrons. The molecule has 0 bridgehead atoms. The van der Waals surface area contributed by atoms with Crippen LogP contribution in [0.3, 0.4) is 0 Å². The van der Waals surface area contributed by atoms with E-state index in [1.54, 1.807) is 0 Å². The first-order chi connectivity index (χ1) is 9.14. The van der Waals surface area contributed by atoms with Crippen LogP contribution in [0, 0.1) is 5.41 Å². The Bertz CT molecular complexity index is 400. The quantitative estimate of drug-likeness (QED) is 0.833. The lowest BCUT2D eigenvalue weighted by Gasteiger charge is -2.33. The minimum atomic E-state index is 0.188. The van der Waals surface area contributed by atoms with Gasteiger partial charge >= 0.3 is 0 Å². The van der Waals surface area contributed by atoms with Crippen LogP contribution in [-0.2, 0) is 5.41 Å². The Morgan fingerprint density at radius 3 is 2.05 bits per heavy atom. The number of nitrogens with one attached hydrogen (secondary N) is 1. The fraction of sp³-hybridized carbons (Fsp3) is 0.667. The van der Waals surface area contributed by atoms with Crippen molar-refractivity contribution in [3.8, 4) is 5.75 Å². The van der Waals surface area contributed by atoms with Crippen molar-refractivity contribution < 1.29 is 4.74 Å². The molecule has 0 spiro atoms. The van der Waals surface area contributed by atoms with Crippen LogP contribution in [0.15, 0.2) is 24.3 Å². The molecule has 2 heteroatoms. The normalized spacial score (nSPS) is 14.2. The summed E-state index contributed by atoms with van der Waals surface area (Å²) in [6.07, 6.45) is 1.35. The molecule has 0 aromatic heterocycles. The zero-order valence-corrected chi connectivity index (χ0v) is 14.2. The van der Waals surface area contributed by atoms with E-state index in [4.69, 9.17) is 4.74 Å². The van der Waals surface area contributed by atoms with Gasteiger partial charge < -0.3 is 10.1 Å². The minimum Gasteiger partial charge on any atom is -0.489 e. The first-order valence-corrected chi connectivity index (χ1v) is 7.56. The summed E-state index contributed by atoms with van der Waals surface area (Å²) in [4.78, 5) is 0. The van der Waals surface area contributed by atoms with Crippen LogP contribution in [-0.4, -0.2) is 19.7 Å². The number of hydrogen-bond donors (Lipinski definition) is 1. The Balaban J connectivity index is 2.75. The highest BCUT2D eigenvalue weighted by Gasteiger charge is 2.27. The van der Waals surface area contributed by atoms with Crippen molar-refractivity contribution in [1.82, 2.24) is 5.32 Å². The Morgan fingerprint density at radius 1 is 1.05 bits per heavy atom. The van der Waals surface area contributed by atoms with E-state index in [2.05, 4.69) is 71.1 Å². The molecule has 0 fully saturated rings. The van der Waals surface area contributed by atoms with E-state index < -0.39 is 0 Å². The molecular weight excluding hydrogens is 246 g/mol. The molecule has 1 N–H and O–H groups in total. The van der Waals surface area contributed by atoms with Crippen LogP contribution in [0.25, 0.3) is 0 Å². The minimum absolute atomic E-state index is 0.188. The lowest BCUT2D eigenvalue weighted by Crippen LogP contribution is -2.26. The molecule has 1 atom stereocenters. The van der Waals surface area contributed by atoms with Crippen molar-refractivity contribution in [3.63, 3.8) is 0 Å². The van der Waals surface area contributed by atoms with Crippen molar-refractivity contribution >= 4 is 0 Å². The van der Waals surface area contributed by atoms with Gasteiger partial charge in [0.05, 0.1) is 0 Å². The Kier molecular flexibility index (Phi) is 5.64. The number of rotatable bonds is 6. The highest BCUT2D eigenvalue weighted by Crippen LogP contribution is 2.36. The topological polar surface area (TPSA) is 21.3 Å². The summed E-state index contributed by atoms with van der Waals surface area (Å²) in [5.74, 6) is 0.947. The maximum Gasteiger partial charge on any atom is 0.119 e. The highest BCUT2D eigenvalue weighted by molar-refractivity contribution is 5.32. The first-order valence-electron chi connectivity index (χ1n) is 7.56. The lowest BCUT2D eigenvalue weighted by atomic mass is 9.72. The molecule has 1 rings (SSSR count). The van der Waals surface area contributed by atoms with E-state index in [1.807, 2.05) is 7.05 Å². The highest BCUT2D eigenvalue weighted by atomic mass is 16.5. The summed E-state index contributed by atoms with van der Waals surface area (Å²) in [5.41, 5.74) is 1.90. The number of hydrogen-bond acceptors (Lipinski definition) is 2. The van der Waals surface area contributed by atoms with Gasteiger partial charge in [0.2, 0.25) is 0 Å². The second-order valence-corrected chi connectivity index (χ2v) is 7.63. The molecule has 0 saturated carbocycles. The molecule has 0 aliphatic rings. The van der Waals surface area contributed by atoms with Gasteiger partial charge in [-0.25, -0.2) is 0 Å². The summed E-state index contributed by atoms with van der Waals surface area (Å²) >= 11 is 0. The van der Waals surface area contributed by atoms with Gasteiger partial charge in [0.25, 0.3) is 0 Å². The van der Waals surface area contributed by atoms with Crippen LogP contribution in [0.2, 0.25) is 0 Å². The van der Waals surface area contributed by atoms with Crippen LogP contribution < -0.4 is 10.1 Å². The molecule has 0 saturated heterocycles.